The van der Waals surface area contributed by atoms with Crippen molar-refractivity contribution in [3.05, 3.63) is 23.8 Å². The lowest BCUT2D eigenvalue weighted by atomic mass is 10.1. The molecule has 1 N–H and O–H groups in total. The van der Waals surface area contributed by atoms with Crippen molar-refractivity contribution in [1.29, 1.82) is 0 Å². The van der Waals surface area contributed by atoms with Crippen LogP contribution in [-0.2, 0) is 0 Å². The third-order valence-electron chi connectivity index (χ3n) is 3.37. The molecule has 1 aromatic rings. The number of anilines is 1. The summed E-state index contributed by atoms with van der Waals surface area (Å²) in [5.74, 6) is 1.30. The zero-order valence-electron chi connectivity index (χ0n) is 8.47. The summed E-state index contributed by atoms with van der Waals surface area (Å²) in [6.45, 7) is 3.37. The number of hydrogen-bond acceptors (Lipinski definition) is 2. The lowest BCUT2D eigenvalue weighted by Gasteiger charge is -2.11. The minimum absolute atomic E-state index is 0.635. The molecule has 1 nitrogen and oxygen atoms in total. The maximum absolute atomic E-state index is 3.63. The molecule has 0 saturated heterocycles. The number of benzene rings is 1. The summed E-state index contributed by atoms with van der Waals surface area (Å²) < 4.78 is 0. The van der Waals surface area contributed by atoms with Crippen LogP contribution in [0.3, 0.4) is 0 Å². The molecule has 0 amide bonds. The van der Waals surface area contributed by atoms with E-state index >= 15 is 0 Å². The minimum Gasteiger partial charge on any atom is -0.383 e. The SMILES string of the molecule is Cc1cccc2c1NCC1(CC1)CS2. The molecule has 1 fully saturated rings. The number of nitrogens with one attached hydrogen (secondary N) is 1. The zero-order chi connectivity index (χ0) is 9.60. The van der Waals surface area contributed by atoms with Crippen molar-refractivity contribution in [3.8, 4) is 0 Å². The molecule has 1 aliphatic heterocycles. The molecule has 3 rings (SSSR count). The summed E-state index contributed by atoms with van der Waals surface area (Å²) in [6.07, 6.45) is 2.83. The van der Waals surface area contributed by atoms with Gasteiger partial charge in [-0.2, -0.15) is 0 Å². The number of thioether (sulfide) groups is 1. The van der Waals surface area contributed by atoms with Crippen LogP contribution in [0, 0.1) is 12.3 Å². The second kappa shape index (κ2) is 2.93. The highest BCUT2D eigenvalue weighted by molar-refractivity contribution is 7.99. The quantitative estimate of drug-likeness (QED) is 0.697. The van der Waals surface area contributed by atoms with Crippen LogP contribution in [0.2, 0.25) is 0 Å². The Hall–Kier alpha value is -0.630. The van der Waals surface area contributed by atoms with Crippen LogP contribution in [0.4, 0.5) is 5.69 Å². The fraction of sp³-hybridized carbons (Fsp3) is 0.500. The second-order valence-electron chi connectivity index (χ2n) is 4.59. The van der Waals surface area contributed by atoms with Crippen LogP contribution in [0.25, 0.3) is 0 Å². The third-order valence-corrected chi connectivity index (χ3v) is 4.77. The summed E-state index contributed by atoms with van der Waals surface area (Å²) >= 11 is 2.03. The fourth-order valence-electron chi connectivity index (χ4n) is 2.04. The van der Waals surface area contributed by atoms with Crippen molar-refractivity contribution in [2.75, 3.05) is 17.6 Å². The van der Waals surface area contributed by atoms with Crippen LogP contribution in [0.15, 0.2) is 23.1 Å². The Morgan fingerprint density at radius 1 is 1.36 bits per heavy atom. The van der Waals surface area contributed by atoms with Gasteiger partial charge in [0.1, 0.15) is 0 Å². The maximum atomic E-state index is 3.63. The lowest BCUT2D eigenvalue weighted by molar-refractivity contribution is 0.626. The summed E-state index contributed by atoms with van der Waals surface area (Å²) in [4.78, 5) is 1.44. The molecular formula is C12H15NS. The van der Waals surface area contributed by atoms with Crippen molar-refractivity contribution in [1.82, 2.24) is 0 Å². The minimum atomic E-state index is 0.635. The molecule has 1 heterocycles. The molecule has 2 aliphatic rings. The number of rotatable bonds is 0. The molecule has 0 radical (unpaired) electrons. The van der Waals surface area contributed by atoms with E-state index in [-0.39, 0.29) is 0 Å². The van der Waals surface area contributed by atoms with Gasteiger partial charge in [-0.15, -0.1) is 11.8 Å². The van der Waals surface area contributed by atoms with Crippen molar-refractivity contribution in [3.63, 3.8) is 0 Å². The van der Waals surface area contributed by atoms with Gasteiger partial charge < -0.3 is 5.32 Å². The van der Waals surface area contributed by atoms with Gasteiger partial charge >= 0.3 is 0 Å². The summed E-state index contributed by atoms with van der Waals surface area (Å²) in [6, 6.07) is 6.59. The second-order valence-corrected chi connectivity index (χ2v) is 5.61. The molecular weight excluding hydrogens is 190 g/mol. The van der Waals surface area contributed by atoms with Gasteiger partial charge in [0.2, 0.25) is 0 Å². The molecule has 1 aliphatic carbocycles. The fourth-order valence-corrected chi connectivity index (χ4v) is 3.45. The standard InChI is InChI=1S/C12H15NS/c1-9-3-2-4-10-11(9)13-7-12(5-6-12)8-14-10/h2-4,13H,5-8H2,1H3. The normalized spacial score (nSPS) is 22.4. The van der Waals surface area contributed by atoms with Crippen molar-refractivity contribution >= 4 is 17.4 Å². The van der Waals surface area contributed by atoms with Gasteiger partial charge in [-0.3, -0.25) is 0 Å². The largest absolute Gasteiger partial charge is 0.383 e. The van der Waals surface area contributed by atoms with Gasteiger partial charge in [0.25, 0.3) is 0 Å². The molecule has 1 spiro atoms. The van der Waals surface area contributed by atoms with Gasteiger partial charge in [0.05, 0.1) is 5.69 Å². The zero-order valence-corrected chi connectivity index (χ0v) is 9.29. The Morgan fingerprint density at radius 3 is 3.00 bits per heavy atom. The van der Waals surface area contributed by atoms with E-state index in [1.54, 1.807) is 0 Å². The van der Waals surface area contributed by atoms with Gasteiger partial charge in [0, 0.05) is 17.2 Å². The molecule has 1 aromatic carbocycles. The van der Waals surface area contributed by atoms with Crippen LogP contribution in [0.5, 0.6) is 0 Å². The molecule has 0 unspecified atom stereocenters. The van der Waals surface area contributed by atoms with E-state index in [4.69, 9.17) is 0 Å². The highest BCUT2D eigenvalue weighted by Gasteiger charge is 2.43. The van der Waals surface area contributed by atoms with Gasteiger partial charge in [-0.25, -0.2) is 0 Å². The summed E-state index contributed by atoms with van der Waals surface area (Å²) in [5.41, 5.74) is 3.39. The highest BCUT2D eigenvalue weighted by atomic mass is 32.2. The number of aryl methyl sites for hydroxylation is 1. The van der Waals surface area contributed by atoms with E-state index in [0.717, 1.165) is 0 Å². The number of hydrogen-bond donors (Lipinski definition) is 1. The van der Waals surface area contributed by atoms with Crippen LogP contribution < -0.4 is 5.32 Å². The molecule has 2 heteroatoms. The van der Waals surface area contributed by atoms with Gasteiger partial charge in [0.15, 0.2) is 0 Å². The number of para-hydroxylation sites is 1. The Bertz CT molecular complexity index is 369. The molecule has 14 heavy (non-hydrogen) atoms. The maximum Gasteiger partial charge on any atom is 0.0508 e. The molecule has 0 aromatic heterocycles. The molecule has 0 atom stereocenters. The molecule has 74 valence electrons. The lowest BCUT2D eigenvalue weighted by Crippen LogP contribution is -2.15. The van der Waals surface area contributed by atoms with Crippen molar-refractivity contribution < 1.29 is 0 Å². The first-order valence-corrected chi connectivity index (χ1v) is 6.24. The first-order chi connectivity index (χ1) is 6.79. The monoisotopic (exact) mass is 205 g/mol. The predicted octanol–water partition coefficient (Wildman–Crippen LogP) is 3.29. The van der Waals surface area contributed by atoms with E-state index in [1.807, 2.05) is 11.8 Å². The first-order valence-electron chi connectivity index (χ1n) is 5.25. The van der Waals surface area contributed by atoms with E-state index < -0.39 is 0 Å². The van der Waals surface area contributed by atoms with E-state index in [0.29, 0.717) is 5.41 Å². The topological polar surface area (TPSA) is 12.0 Å². The number of fused-ring (bicyclic) bond motifs is 1. The predicted molar refractivity (Wildman–Crippen MR) is 62.1 cm³/mol. The Balaban J connectivity index is 1.96. The third kappa shape index (κ3) is 1.33. The van der Waals surface area contributed by atoms with Gasteiger partial charge in [-0.05, 0) is 36.8 Å². The summed E-state index contributed by atoms with van der Waals surface area (Å²) in [5, 5.41) is 3.63. The van der Waals surface area contributed by atoms with E-state index in [1.165, 1.54) is 41.3 Å². The van der Waals surface area contributed by atoms with Crippen molar-refractivity contribution in [2.24, 2.45) is 5.41 Å². The van der Waals surface area contributed by atoms with E-state index in [2.05, 4.69) is 30.4 Å². The van der Waals surface area contributed by atoms with Crippen LogP contribution >= 0.6 is 11.8 Å². The molecule has 1 saturated carbocycles. The Morgan fingerprint density at radius 2 is 2.21 bits per heavy atom. The van der Waals surface area contributed by atoms with Crippen LogP contribution in [-0.4, -0.2) is 12.3 Å². The molecule has 0 bridgehead atoms. The Kier molecular flexibility index (Phi) is 1.81. The smallest absolute Gasteiger partial charge is 0.0508 e. The van der Waals surface area contributed by atoms with Crippen molar-refractivity contribution in [2.45, 2.75) is 24.7 Å². The average molecular weight is 205 g/mol. The van der Waals surface area contributed by atoms with Gasteiger partial charge in [-0.1, -0.05) is 12.1 Å². The Labute approximate surface area is 89.3 Å². The van der Waals surface area contributed by atoms with Crippen LogP contribution in [0.1, 0.15) is 18.4 Å². The first kappa shape index (κ1) is 8.66. The summed E-state index contributed by atoms with van der Waals surface area (Å²) in [7, 11) is 0. The van der Waals surface area contributed by atoms with E-state index in [9.17, 15) is 0 Å². The average Bonchev–Trinajstić information content (AvgIpc) is 2.96. The highest BCUT2D eigenvalue weighted by Crippen LogP contribution is 2.52.